The van der Waals surface area contributed by atoms with Gasteiger partial charge in [-0.3, -0.25) is 4.79 Å². The highest BCUT2D eigenvalue weighted by atomic mass is 32.1. The molecule has 2 aliphatic rings. The second-order valence-electron chi connectivity index (χ2n) is 5.88. The minimum Gasteiger partial charge on any atom is -0.384 e. The van der Waals surface area contributed by atoms with E-state index in [9.17, 15) is 4.79 Å². The molecular weight excluding hydrogens is 282 g/mol. The predicted octanol–water partition coefficient (Wildman–Crippen LogP) is 2.89. The number of fused-ring (bicyclic) bond motifs is 1. The van der Waals surface area contributed by atoms with Crippen LogP contribution in [0.1, 0.15) is 53.8 Å². The van der Waals surface area contributed by atoms with Crippen LogP contribution in [0.4, 0.5) is 0 Å². The first-order valence-electron chi connectivity index (χ1n) is 7.79. The van der Waals surface area contributed by atoms with Gasteiger partial charge in [0.1, 0.15) is 11.5 Å². The summed E-state index contributed by atoms with van der Waals surface area (Å²) in [5, 5.41) is 10.7. The van der Waals surface area contributed by atoms with E-state index >= 15 is 0 Å². The average molecular weight is 303 g/mol. The summed E-state index contributed by atoms with van der Waals surface area (Å²) in [7, 11) is 0. The summed E-state index contributed by atoms with van der Waals surface area (Å²) >= 11 is 1.47. The lowest BCUT2D eigenvalue weighted by atomic mass is 9.78. The summed E-state index contributed by atoms with van der Waals surface area (Å²) in [6.07, 6.45) is 7.38. The summed E-state index contributed by atoms with van der Waals surface area (Å²) in [5.41, 5.74) is 0.761. The molecule has 1 saturated heterocycles. The quantitative estimate of drug-likeness (QED) is 0.810. The van der Waals surface area contributed by atoms with Crippen molar-refractivity contribution in [2.45, 2.75) is 44.6 Å². The Morgan fingerprint density at radius 3 is 3.00 bits per heavy atom. The van der Waals surface area contributed by atoms with Crippen molar-refractivity contribution in [2.75, 3.05) is 13.2 Å². The number of thiophene rings is 1. The van der Waals surface area contributed by atoms with Gasteiger partial charge in [0.2, 0.25) is 0 Å². The highest BCUT2D eigenvalue weighted by Gasteiger charge is 2.36. The first-order chi connectivity index (χ1) is 10.3. The molecule has 1 amide bonds. The number of rotatable bonds is 1. The molecule has 3 nitrogen and oxygen atoms in total. The Morgan fingerprint density at radius 1 is 1.33 bits per heavy atom. The molecule has 112 valence electrons. The molecule has 1 aliphatic carbocycles. The van der Waals surface area contributed by atoms with E-state index < -0.39 is 0 Å². The van der Waals surface area contributed by atoms with Crippen LogP contribution in [0.3, 0.4) is 0 Å². The average Bonchev–Trinajstić information content (AvgIpc) is 3.00. The van der Waals surface area contributed by atoms with Gasteiger partial charge in [0.15, 0.2) is 0 Å². The van der Waals surface area contributed by atoms with Crippen LogP contribution in [-0.4, -0.2) is 35.1 Å². The van der Waals surface area contributed by atoms with Crippen molar-refractivity contribution in [1.29, 1.82) is 0 Å². The van der Waals surface area contributed by atoms with Crippen molar-refractivity contribution in [3.63, 3.8) is 0 Å². The van der Waals surface area contributed by atoms with Crippen LogP contribution in [0.25, 0.3) is 0 Å². The number of aliphatic hydroxyl groups is 1. The summed E-state index contributed by atoms with van der Waals surface area (Å²) in [4.78, 5) is 15.7. The lowest BCUT2D eigenvalue weighted by Crippen LogP contribution is -2.49. The lowest BCUT2D eigenvalue weighted by molar-refractivity contribution is 0.0395. The van der Waals surface area contributed by atoms with E-state index in [0.29, 0.717) is 12.0 Å². The van der Waals surface area contributed by atoms with E-state index in [-0.39, 0.29) is 12.5 Å². The minimum atomic E-state index is -0.169. The lowest BCUT2D eigenvalue weighted by Gasteiger charge is -2.44. The standard InChI is InChI=1S/C17H21NO2S/c19-11-4-7-14-9-12-21-16(14)17(20)18-10-3-6-13-5-1-2-8-15(13)18/h9,12-13,15,19H,1-3,5-6,8,10-11H2. The number of carbonyl (C=O) groups is 1. The molecule has 2 fully saturated rings. The maximum atomic E-state index is 12.9. The van der Waals surface area contributed by atoms with Gasteiger partial charge in [0.25, 0.3) is 5.91 Å². The zero-order chi connectivity index (χ0) is 14.7. The topological polar surface area (TPSA) is 40.5 Å². The van der Waals surface area contributed by atoms with E-state index in [1.54, 1.807) is 0 Å². The number of nitrogens with zero attached hydrogens (tertiary/aromatic N) is 1. The molecule has 2 atom stereocenters. The molecule has 0 bridgehead atoms. The molecule has 2 unspecified atom stereocenters. The summed E-state index contributed by atoms with van der Waals surface area (Å²) in [6, 6.07) is 2.31. The van der Waals surface area contributed by atoms with Crippen LogP contribution in [0.2, 0.25) is 0 Å². The molecule has 0 aromatic carbocycles. The van der Waals surface area contributed by atoms with Gasteiger partial charge in [-0.05, 0) is 43.0 Å². The van der Waals surface area contributed by atoms with Crippen molar-refractivity contribution in [3.05, 3.63) is 21.9 Å². The van der Waals surface area contributed by atoms with Gasteiger partial charge < -0.3 is 10.0 Å². The van der Waals surface area contributed by atoms with E-state index in [2.05, 4.69) is 16.7 Å². The molecule has 3 rings (SSSR count). The fourth-order valence-corrected chi connectivity index (χ4v) is 4.52. The molecule has 1 saturated carbocycles. The Labute approximate surface area is 130 Å². The van der Waals surface area contributed by atoms with Crippen molar-refractivity contribution >= 4 is 17.2 Å². The van der Waals surface area contributed by atoms with Crippen LogP contribution >= 0.6 is 11.3 Å². The predicted molar refractivity (Wildman–Crippen MR) is 84.3 cm³/mol. The summed E-state index contributed by atoms with van der Waals surface area (Å²) in [5.74, 6) is 6.38. The second kappa shape index (κ2) is 6.64. The van der Waals surface area contributed by atoms with E-state index in [1.807, 2.05) is 11.4 Å². The van der Waals surface area contributed by atoms with E-state index in [1.165, 1.54) is 37.0 Å². The van der Waals surface area contributed by atoms with Crippen LogP contribution < -0.4 is 0 Å². The maximum absolute atomic E-state index is 12.9. The maximum Gasteiger partial charge on any atom is 0.265 e. The van der Waals surface area contributed by atoms with Gasteiger partial charge in [0, 0.05) is 18.2 Å². The zero-order valence-electron chi connectivity index (χ0n) is 12.2. The smallest absolute Gasteiger partial charge is 0.265 e. The van der Waals surface area contributed by atoms with Gasteiger partial charge in [-0.1, -0.05) is 24.7 Å². The third kappa shape index (κ3) is 3.00. The third-order valence-corrected chi connectivity index (χ3v) is 5.57. The molecule has 1 aromatic heterocycles. The Bertz CT molecular complexity index is 567. The molecule has 1 aliphatic heterocycles. The number of carbonyl (C=O) groups excluding carboxylic acids is 1. The molecular formula is C17H21NO2S. The van der Waals surface area contributed by atoms with Crippen molar-refractivity contribution in [2.24, 2.45) is 5.92 Å². The minimum absolute atomic E-state index is 0.142. The number of piperidine rings is 1. The molecule has 4 heteroatoms. The number of amides is 1. The molecule has 1 aromatic rings. The Hall–Kier alpha value is -1.31. The highest BCUT2D eigenvalue weighted by Crippen LogP contribution is 2.36. The fraction of sp³-hybridized carbons (Fsp3) is 0.588. The summed E-state index contributed by atoms with van der Waals surface area (Å²) < 4.78 is 0. The Kier molecular flexibility index (Phi) is 4.62. The normalized spacial score (nSPS) is 24.9. The largest absolute Gasteiger partial charge is 0.384 e. The third-order valence-electron chi connectivity index (χ3n) is 4.67. The molecule has 0 spiro atoms. The number of hydrogen-bond acceptors (Lipinski definition) is 3. The van der Waals surface area contributed by atoms with Gasteiger partial charge in [-0.2, -0.15) is 0 Å². The SMILES string of the molecule is O=C(c1sccc1C#CCO)N1CCCC2CCCCC21. The van der Waals surface area contributed by atoms with Crippen LogP contribution in [0, 0.1) is 17.8 Å². The van der Waals surface area contributed by atoms with E-state index in [4.69, 9.17) is 5.11 Å². The van der Waals surface area contributed by atoms with Crippen molar-refractivity contribution < 1.29 is 9.90 Å². The Balaban J connectivity index is 1.82. The van der Waals surface area contributed by atoms with Crippen molar-refractivity contribution in [3.8, 4) is 11.8 Å². The second-order valence-corrected chi connectivity index (χ2v) is 6.79. The fourth-order valence-electron chi connectivity index (χ4n) is 3.72. The highest BCUT2D eigenvalue weighted by molar-refractivity contribution is 7.12. The van der Waals surface area contributed by atoms with Crippen LogP contribution in [-0.2, 0) is 0 Å². The number of hydrogen-bond donors (Lipinski definition) is 1. The summed E-state index contributed by atoms with van der Waals surface area (Å²) in [6.45, 7) is 0.711. The Morgan fingerprint density at radius 2 is 2.14 bits per heavy atom. The molecule has 0 radical (unpaired) electrons. The first-order valence-corrected chi connectivity index (χ1v) is 8.67. The van der Waals surface area contributed by atoms with E-state index in [0.717, 1.165) is 29.8 Å². The van der Waals surface area contributed by atoms with Gasteiger partial charge in [-0.25, -0.2) is 0 Å². The first kappa shape index (κ1) is 14.6. The van der Waals surface area contributed by atoms with Gasteiger partial charge in [-0.15, -0.1) is 11.3 Å². The molecule has 21 heavy (non-hydrogen) atoms. The van der Waals surface area contributed by atoms with Gasteiger partial charge in [0.05, 0.1) is 0 Å². The monoisotopic (exact) mass is 303 g/mol. The van der Waals surface area contributed by atoms with Crippen LogP contribution in [0.5, 0.6) is 0 Å². The van der Waals surface area contributed by atoms with Gasteiger partial charge >= 0.3 is 0 Å². The number of aliphatic hydroxyl groups excluding tert-OH is 1. The molecule has 2 heterocycles. The van der Waals surface area contributed by atoms with Crippen molar-refractivity contribution in [1.82, 2.24) is 4.90 Å². The van der Waals surface area contributed by atoms with Crippen LogP contribution in [0.15, 0.2) is 11.4 Å². The zero-order valence-corrected chi connectivity index (χ0v) is 13.0. The number of likely N-dealkylation sites (tertiary alicyclic amines) is 1. The molecule has 1 N–H and O–H groups in total.